The molecule has 1 atom stereocenters. The van der Waals surface area contributed by atoms with Gasteiger partial charge < -0.3 is 10.5 Å². The van der Waals surface area contributed by atoms with Gasteiger partial charge in [-0.2, -0.15) is 0 Å². The number of carbonyl (C=O) groups is 1. The molecule has 2 N–H and O–H groups in total. The molecule has 0 spiro atoms. The summed E-state index contributed by atoms with van der Waals surface area (Å²) in [7, 11) is 0. The number of carbonyl (C=O) groups excluding carboxylic acids is 1. The molecule has 2 aliphatic rings. The number of nitrogens with two attached hydrogens (primary N) is 1. The molecular formula is C9H16ClNO2. The second-order valence-corrected chi connectivity index (χ2v) is 3.82. The summed E-state index contributed by atoms with van der Waals surface area (Å²) < 4.78 is 5.18. The number of rotatable bonds is 2. The van der Waals surface area contributed by atoms with Gasteiger partial charge in [-0.1, -0.05) is 0 Å². The zero-order valence-electron chi connectivity index (χ0n) is 7.67. The van der Waals surface area contributed by atoms with Crippen LogP contribution in [0.3, 0.4) is 0 Å². The van der Waals surface area contributed by atoms with Crippen LogP contribution in [0.25, 0.3) is 0 Å². The Morgan fingerprint density at radius 1 is 1.46 bits per heavy atom. The Hall–Kier alpha value is -0.120. The predicted molar refractivity (Wildman–Crippen MR) is 51.6 cm³/mol. The Balaban J connectivity index is 0.000000132. The summed E-state index contributed by atoms with van der Waals surface area (Å²) in [5, 5.41) is -0.157. The van der Waals surface area contributed by atoms with Crippen molar-refractivity contribution < 1.29 is 9.53 Å². The van der Waals surface area contributed by atoms with Crippen molar-refractivity contribution in [2.75, 3.05) is 13.2 Å². The lowest BCUT2D eigenvalue weighted by atomic mass is 10.2. The summed E-state index contributed by atoms with van der Waals surface area (Å²) in [5.74, 6) is 0.228. The first-order chi connectivity index (χ1) is 6.24. The SMILES string of the molecule is NCC1CCCO1.O=C(Cl)C1CC1. The summed E-state index contributed by atoms with van der Waals surface area (Å²) in [4.78, 5) is 9.97. The summed E-state index contributed by atoms with van der Waals surface area (Å²) >= 11 is 5.04. The molecule has 0 bridgehead atoms. The second-order valence-electron chi connectivity index (χ2n) is 3.45. The topological polar surface area (TPSA) is 52.3 Å². The highest BCUT2D eigenvalue weighted by molar-refractivity contribution is 6.64. The minimum absolute atomic E-state index is 0.157. The normalized spacial score (nSPS) is 26.5. The van der Waals surface area contributed by atoms with E-state index in [-0.39, 0.29) is 11.2 Å². The smallest absolute Gasteiger partial charge is 0.224 e. The molecule has 4 heteroatoms. The van der Waals surface area contributed by atoms with E-state index in [1.54, 1.807) is 0 Å². The summed E-state index contributed by atoms with van der Waals surface area (Å²) in [6.07, 6.45) is 4.77. The van der Waals surface area contributed by atoms with Crippen LogP contribution in [-0.2, 0) is 9.53 Å². The van der Waals surface area contributed by atoms with Gasteiger partial charge >= 0.3 is 0 Å². The fourth-order valence-electron chi connectivity index (χ4n) is 1.14. The Labute approximate surface area is 83.6 Å². The van der Waals surface area contributed by atoms with Gasteiger partial charge in [-0.3, -0.25) is 4.79 Å². The van der Waals surface area contributed by atoms with Gasteiger partial charge in [0.05, 0.1) is 6.10 Å². The van der Waals surface area contributed by atoms with Crippen molar-refractivity contribution >= 4 is 16.8 Å². The van der Waals surface area contributed by atoms with Gasteiger partial charge in [0.2, 0.25) is 5.24 Å². The van der Waals surface area contributed by atoms with E-state index in [0.717, 1.165) is 25.9 Å². The van der Waals surface area contributed by atoms with Crippen molar-refractivity contribution in [1.29, 1.82) is 0 Å². The van der Waals surface area contributed by atoms with Crippen molar-refractivity contribution in [3.05, 3.63) is 0 Å². The molecule has 0 amide bonds. The Bertz CT molecular complexity index is 165. The molecule has 1 saturated carbocycles. The molecule has 13 heavy (non-hydrogen) atoms. The second kappa shape index (κ2) is 5.58. The molecule has 2 rings (SSSR count). The molecule has 0 aromatic heterocycles. The van der Waals surface area contributed by atoms with Crippen LogP contribution in [0.2, 0.25) is 0 Å². The highest BCUT2D eigenvalue weighted by Gasteiger charge is 2.27. The van der Waals surface area contributed by atoms with Crippen LogP contribution < -0.4 is 5.73 Å². The van der Waals surface area contributed by atoms with E-state index in [9.17, 15) is 4.79 Å². The molecule has 1 unspecified atom stereocenters. The monoisotopic (exact) mass is 205 g/mol. The van der Waals surface area contributed by atoms with Crippen LogP contribution in [0.5, 0.6) is 0 Å². The van der Waals surface area contributed by atoms with Crippen LogP contribution in [0.1, 0.15) is 25.7 Å². The number of ether oxygens (including phenoxy) is 1. The highest BCUT2D eigenvalue weighted by Crippen LogP contribution is 2.30. The first kappa shape index (κ1) is 11.0. The summed E-state index contributed by atoms with van der Waals surface area (Å²) in [6.45, 7) is 1.61. The average Bonchev–Trinajstić information content (AvgIpc) is 2.84. The lowest BCUT2D eigenvalue weighted by molar-refractivity contribution is -0.112. The van der Waals surface area contributed by atoms with Gasteiger partial charge in [0.15, 0.2) is 0 Å². The molecule has 3 nitrogen and oxygen atoms in total. The van der Waals surface area contributed by atoms with Crippen molar-refractivity contribution in [3.63, 3.8) is 0 Å². The standard InChI is InChI=1S/C5H11NO.C4H5ClO/c6-4-5-2-1-3-7-5;5-4(6)3-1-2-3/h5H,1-4,6H2;3H,1-2H2. The molecule has 0 radical (unpaired) electrons. The molecule has 0 aromatic rings. The van der Waals surface area contributed by atoms with Gasteiger partial charge in [0.25, 0.3) is 0 Å². The number of halogens is 1. The lowest BCUT2D eigenvalue weighted by Crippen LogP contribution is -2.17. The van der Waals surface area contributed by atoms with Crippen LogP contribution in [0, 0.1) is 5.92 Å². The van der Waals surface area contributed by atoms with E-state index in [0.29, 0.717) is 12.6 Å². The van der Waals surface area contributed by atoms with E-state index in [1.165, 1.54) is 6.42 Å². The maximum absolute atomic E-state index is 9.97. The van der Waals surface area contributed by atoms with Gasteiger partial charge in [-0.05, 0) is 37.3 Å². The zero-order valence-corrected chi connectivity index (χ0v) is 8.43. The maximum atomic E-state index is 9.97. The summed E-state index contributed by atoms with van der Waals surface area (Å²) in [6, 6.07) is 0. The van der Waals surface area contributed by atoms with Crippen molar-refractivity contribution in [2.45, 2.75) is 31.8 Å². The highest BCUT2D eigenvalue weighted by atomic mass is 35.5. The van der Waals surface area contributed by atoms with Crippen LogP contribution in [-0.4, -0.2) is 24.5 Å². The maximum Gasteiger partial charge on any atom is 0.224 e. The van der Waals surface area contributed by atoms with E-state index >= 15 is 0 Å². The molecule has 1 aliphatic heterocycles. The van der Waals surface area contributed by atoms with Gasteiger partial charge in [0, 0.05) is 19.1 Å². The third kappa shape index (κ3) is 4.60. The predicted octanol–water partition coefficient (Wildman–Crippen LogP) is 1.29. The molecule has 76 valence electrons. The lowest BCUT2D eigenvalue weighted by Gasteiger charge is -2.01. The molecule has 1 aliphatic carbocycles. The van der Waals surface area contributed by atoms with Crippen LogP contribution in [0.15, 0.2) is 0 Å². The quantitative estimate of drug-likeness (QED) is 0.692. The third-order valence-corrected chi connectivity index (χ3v) is 2.49. The minimum Gasteiger partial charge on any atom is -0.377 e. The number of hydrogen-bond acceptors (Lipinski definition) is 3. The average molecular weight is 206 g/mol. The van der Waals surface area contributed by atoms with E-state index in [4.69, 9.17) is 22.1 Å². The first-order valence-electron chi connectivity index (χ1n) is 4.75. The van der Waals surface area contributed by atoms with Gasteiger partial charge in [0.1, 0.15) is 0 Å². The zero-order chi connectivity index (χ0) is 9.68. The van der Waals surface area contributed by atoms with Crippen molar-refractivity contribution in [2.24, 2.45) is 11.7 Å². The summed E-state index contributed by atoms with van der Waals surface area (Å²) in [5.41, 5.74) is 5.31. The van der Waals surface area contributed by atoms with E-state index in [1.807, 2.05) is 0 Å². The molecular weight excluding hydrogens is 190 g/mol. The third-order valence-electron chi connectivity index (χ3n) is 2.19. The molecule has 1 saturated heterocycles. The molecule has 2 fully saturated rings. The molecule has 1 heterocycles. The van der Waals surface area contributed by atoms with Crippen molar-refractivity contribution in [1.82, 2.24) is 0 Å². The Morgan fingerprint density at radius 3 is 2.31 bits per heavy atom. The van der Waals surface area contributed by atoms with Gasteiger partial charge in [-0.15, -0.1) is 0 Å². The largest absolute Gasteiger partial charge is 0.377 e. The van der Waals surface area contributed by atoms with E-state index in [2.05, 4.69) is 0 Å². The first-order valence-corrected chi connectivity index (χ1v) is 5.13. The Kier molecular flexibility index (Phi) is 4.70. The van der Waals surface area contributed by atoms with Crippen molar-refractivity contribution in [3.8, 4) is 0 Å². The Morgan fingerprint density at radius 2 is 2.15 bits per heavy atom. The fourth-order valence-corrected chi connectivity index (χ4v) is 1.36. The van der Waals surface area contributed by atoms with Crippen LogP contribution >= 0.6 is 11.6 Å². The number of hydrogen-bond donors (Lipinski definition) is 1. The minimum atomic E-state index is -0.157. The van der Waals surface area contributed by atoms with E-state index < -0.39 is 0 Å². The van der Waals surface area contributed by atoms with Gasteiger partial charge in [-0.25, -0.2) is 0 Å². The molecule has 0 aromatic carbocycles. The van der Waals surface area contributed by atoms with Crippen LogP contribution in [0.4, 0.5) is 0 Å². The fraction of sp³-hybridized carbons (Fsp3) is 0.889.